The average Bonchev–Trinajstić information content (AvgIpc) is 3.50. The van der Waals surface area contributed by atoms with Crippen LogP contribution in [0.3, 0.4) is 0 Å². The molecular formula is C27H22N6. The van der Waals surface area contributed by atoms with Crippen molar-refractivity contribution in [1.82, 2.24) is 29.1 Å². The van der Waals surface area contributed by atoms with Gasteiger partial charge in [-0.2, -0.15) is 0 Å². The van der Waals surface area contributed by atoms with Crippen LogP contribution >= 0.6 is 0 Å². The second kappa shape index (κ2) is 7.98. The Morgan fingerprint density at radius 3 is 2.70 bits per heavy atom. The Morgan fingerprint density at radius 1 is 0.970 bits per heavy atom. The SMILES string of the molecule is Cc1cc(-n2cc(-c3ccncc3)nc2C2=CCC(n3ccc4cccnc43)C=C2)ccn1. The minimum atomic E-state index is 0.229. The lowest BCUT2D eigenvalue weighted by atomic mass is 10.0. The number of nitrogens with zero attached hydrogens (tertiary/aromatic N) is 6. The van der Waals surface area contributed by atoms with Crippen molar-refractivity contribution in [3.8, 4) is 16.9 Å². The monoisotopic (exact) mass is 430 g/mol. The third-order valence-electron chi connectivity index (χ3n) is 6.01. The first kappa shape index (κ1) is 19.4. The molecule has 1 aliphatic rings. The van der Waals surface area contributed by atoms with Gasteiger partial charge in [-0.1, -0.05) is 18.2 Å². The Hall–Kier alpha value is -4.32. The molecule has 0 radical (unpaired) electrons. The Kier molecular flexibility index (Phi) is 4.69. The van der Waals surface area contributed by atoms with Crippen molar-refractivity contribution in [1.29, 1.82) is 0 Å². The van der Waals surface area contributed by atoms with Crippen molar-refractivity contribution >= 4 is 16.6 Å². The van der Waals surface area contributed by atoms with Crippen LogP contribution in [0, 0.1) is 6.92 Å². The molecule has 0 spiro atoms. The van der Waals surface area contributed by atoms with Crippen LogP contribution in [0.25, 0.3) is 33.6 Å². The lowest BCUT2D eigenvalue weighted by Gasteiger charge is -2.19. The molecule has 0 bridgehead atoms. The highest BCUT2D eigenvalue weighted by Gasteiger charge is 2.19. The molecule has 1 atom stereocenters. The van der Waals surface area contributed by atoms with Crippen LogP contribution in [0.1, 0.15) is 24.0 Å². The summed E-state index contributed by atoms with van der Waals surface area (Å²) in [7, 11) is 0. The van der Waals surface area contributed by atoms with Crippen molar-refractivity contribution < 1.29 is 0 Å². The molecule has 1 unspecified atom stereocenters. The van der Waals surface area contributed by atoms with Gasteiger partial charge in [-0.15, -0.1) is 0 Å². The number of rotatable bonds is 4. The van der Waals surface area contributed by atoms with Gasteiger partial charge in [0.25, 0.3) is 0 Å². The van der Waals surface area contributed by atoms with E-state index in [1.165, 1.54) is 0 Å². The molecule has 0 fully saturated rings. The summed E-state index contributed by atoms with van der Waals surface area (Å²) in [5.74, 6) is 0.914. The van der Waals surface area contributed by atoms with Gasteiger partial charge >= 0.3 is 0 Å². The lowest BCUT2D eigenvalue weighted by molar-refractivity contribution is 0.625. The molecule has 5 aromatic rings. The summed E-state index contributed by atoms with van der Waals surface area (Å²) in [5.41, 5.74) is 6.08. The molecule has 6 nitrogen and oxygen atoms in total. The maximum absolute atomic E-state index is 5.02. The highest BCUT2D eigenvalue weighted by atomic mass is 15.1. The van der Waals surface area contributed by atoms with Gasteiger partial charge in [-0.05, 0) is 55.8 Å². The van der Waals surface area contributed by atoms with Crippen molar-refractivity contribution in [2.24, 2.45) is 0 Å². The van der Waals surface area contributed by atoms with E-state index in [2.05, 4.69) is 72.9 Å². The summed E-state index contributed by atoms with van der Waals surface area (Å²) < 4.78 is 4.38. The molecule has 0 saturated heterocycles. The molecule has 0 aliphatic heterocycles. The topological polar surface area (TPSA) is 61.4 Å². The van der Waals surface area contributed by atoms with E-state index in [0.717, 1.165) is 51.5 Å². The Labute approximate surface area is 191 Å². The van der Waals surface area contributed by atoms with Crippen molar-refractivity contribution in [3.63, 3.8) is 0 Å². The smallest absolute Gasteiger partial charge is 0.144 e. The summed E-state index contributed by atoms with van der Waals surface area (Å²) in [6, 6.07) is 14.5. The zero-order valence-corrected chi connectivity index (χ0v) is 18.2. The molecular weight excluding hydrogens is 408 g/mol. The van der Waals surface area contributed by atoms with Gasteiger partial charge in [0.15, 0.2) is 0 Å². The molecule has 0 aromatic carbocycles. The van der Waals surface area contributed by atoms with Gasteiger partial charge in [-0.25, -0.2) is 9.97 Å². The van der Waals surface area contributed by atoms with Crippen LogP contribution in [0.2, 0.25) is 0 Å². The molecule has 5 heterocycles. The van der Waals surface area contributed by atoms with Gasteiger partial charge < -0.3 is 4.57 Å². The first-order chi connectivity index (χ1) is 16.3. The summed E-state index contributed by atoms with van der Waals surface area (Å²) in [5, 5.41) is 1.16. The number of pyridine rings is 3. The fourth-order valence-corrected chi connectivity index (χ4v) is 4.36. The number of hydrogen-bond acceptors (Lipinski definition) is 4. The highest BCUT2D eigenvalue weighted by Crippen LogP contribution is 2.32. The predicted molar refractivity (Wildman–Crippen MR) is 130 cm³/mol. The van der Waals surface area contributed by atoms with Crippen molar-refractivity contribution in [2.75, 3.05) is 0 Å². The fourth-order valence-electron chi connectivity index (χ4n) is 4.36. The predicted octanol–water partition coefficient (Wildman–Crippen LogP) is 5.57. The highest BCUT2D eigenvalue weighted by molar-refractivity contribution is 5.77. The van der Waals surface area contributed by atoms with Crippen LogP contribution in [0.4, 0.5) is 0 Å². The van der Waals surface area contributed by atoms with Crippen LogP contribution in [-0.2, 0) is 0 Å². The van der Waals surface area contributed by atoms with E-state index < -0.39 is 0 Å². The van der Waals surface area contributed by atoms with Gasteiger partial charge in [0, 0.05) is 59.4 Å². The van der Waals surface area contributed by atoms with E-state index in [0.29, 0.717) is 0 Å². The maximum atomic E-state index is 5.02. The molecule has 0 N–H and O–H groups in total. The summed E-state index contributed by atoms with van der Waals surface area (Å²) in [6.45, 7) is 2.00. The number of hydrogen-bond donors (Lipinski definition) is 0. The third-order valence-corrected chi connectivity index (χ3v) is 6.01. The number of aryl methyl sites for hydroxylation is 1. The standard InChI is InChI=1S/C27H22N6/c1-19-17-24(10-15-29-19)33-18-25(20-8-13-28-14-9-20)31-27(33)22-4-6-23(7-5-22)32-16-11-21-3-2-12-30-26(21)32/h2-6,8-18,23H,7H2,1H3. The second-order valence-corrected chi connectivity index (χ2v) is 8.17. The summed E-state index contributed by atoms with van der Waals surface area (Å²) >= 11 is 0. The third kappa shape index (κ3) is 3.55. The fraction of sp³-hybridized carbons (Fsp3) is 0.111. The molecule has 0 amide bonds. The number of imidazole rings is 1. The molecule has 6 heteroatoms. The van der Waals surface area contributed by atoms with Gasteiger partial charge in [0.05, 0.1) is 17.4 Å². The van der Waals surface area contributed by atoms with E-state index >= 15 is 0 Å². The zero-order chi connectivity index (χ0) is 22.2. The van der Waals surface area contributed by atoms with Crippen molar-refractivity contribution in [3.05, 3.63) is 109 Å². The van der Waals surface area contributed by atoms with Gasteiger partial charge in [-0.3, -0.25) is 14.5 Å². The normalized spacial score (nSPS) is 15.7. The molecule has 5 aromatic heterocycles. The Bertz CT molecular complexity index is 1510. The number of aromatic nitrogens is 6. The minimum absolute atomic E-state index is 0.229. The van der Waals surface area contributed by atoms with E-state index in [1.54, 1.807) is 12.4 Å². The zero-order valence-electron chi connectivity index (χ0n) is 18.2. The molecule has 33 heavy (non-hydrogen) atoms. The van der Waals surface area contributed by atoms with Crippen molar-refractivity contribution in [2.45, 2.75) is 19.4 Å². The molecule has 160 valence electrons. The maximum Gasteiger partial charge on any atom is 0.144 e. The van der Waals surface area contributed by atoms with E-state index in [4.69, 9.17) is 4.98 Å². The van der Waals surface area contributed by atoms with Gasteiger partial charge in [0.1, 0.15) is 11.5 Å². The Morgan fingerprint density at radius 2 is 1.88 bits per heavy atom. The molecule has 0 saturated carbocycles. The second-order valence-electron chi connectivity index (χ2n) is 8.17. The van der Waals surface area contributed by atoms with Gasteiger partial charge in [0.2, 0.25) is 0 Å². The van der Waals surface area contributed by atoms with Crippen LogP contribution in [0.15, 0.2) is 97.9 Å². The lowest BCUT2D eigenvalue weighted by Crippen LogP contribution is -2.09. The Balaban J connectivity index is 1.39. The van der Waals surface area contributed by atoms with E-state index in [9.17, 15) is 0 Å². The number of fused-ring (bicyclic) bond motifs is 1. The quantitative estimate of drug-likeness (QED) is 0.374. The molecule has 6 rings (SSSR count). The van der Waals surface area contributed by atoms with Crippen LogP contribution < -0.4 is 0 Å². The summed E-state index contributed by atoms with van der Waals surface area (Å²) in [6.07, 6.45) is 19.0. The van der Waals surface area contributed by atoms with E-state index in [-0.39, 0.29) is 6.04 Å². The van der Waals surface area contributed by atoms with E-state index in [1.807, 2.05) is 43.6 Å². The van der Waals surface area contributed by atoms with Crippen LogP contribution in [0.5, 0.6) is 0 Å². The first-order valence-corrected chi connectivity index (χ1v) is 11.0. The molecule has 1 aliphatic carbocycles. The first-order valence-electron chi connectivity index (χ1n) is 11.0. The summed E-state index contributed by atoms with van der Waals surface area (Å²) in [4.78, 5) is 18.1. The van der Waals surface area contributed by atoms with Crippen LogP contribution in [-0.4, -0.2) is 29.1 Å². The minimum Gasteiger partial charge on any atom is -0.325 e. The average molecular weight is 431 g/mol. The largest absolute Gasteiger partial charge is 0.325 e. The number of allylic oxidation sites excluding steroid dienone is 4.